The molecule has 0 unspecified atom stereocenters. The topological polar surface area (TPSA) is 43.4 Å². The molecule has 4 nitrogen and oxygen atoms in total. The maximum atomic E-state index is 5.53. The first kappa shape index (κ1) is 12.0. The lowest BCUT2D eigenvalue weighted by Gasteiger charge is -2.10. The molecule has 1 aromatic heterocycles. The third-order valence-electron chi connectivity index (χ3n) is 3.58. The van der Waals surface area contributed by atoms with Crippen molar-refractivity contribution in [3.8, 4) is 11.5 Å². The van der Waals surface area contributed by atoms with Crippen molar-refractivity contribution < 1.29 is 9.47 Å². The van der Waals surface area contributed by atoms with E-state index in [1.807, 2.05) is 42.6 Å². The molecule has 1 aliphatic heterocycles. The molecule has 0 saturated carbocycles. The average Bonchev–Trinajstić information content (AvgIpc) is 3.02. The first-order valence-electron chi connectivity index (χ1n) is 6.87. The van der Waals surface area contributed by atoms with E-state index in [0.717, 1.165) is 33.7 Å². The summed E-state index contributed by atoms with van der Waals surface area (Å²) in [5, 5.41) is 4.56. The van der Waals surface area contributed by atoms with Crippen molar-refractivity contribution in [2.24, 2.45) is 0 Å². The van der Waals surface area contributed by atoms with Crippen molar-refractivity contribution in [1.82, 2.24) is 4.98 Å². The predicted octanol–water partition coefficient (Wildman–Crippen LogP) is 3.58. The molecule has 1 aliphatic rings. The summed E-state index contributed by atoms with van der Waals surface area (Å²) < 4.78 is 10.9. The van der Waals surface area contributed by atoms with Gasteiger partial charge >= 0.3 is 0 Å². The molecule has 104 valence electrons. The number of benzene rings is 2. The van der Waals surface area contributed by atoms with Crippen LogP contribution in [0.3, 0.4) is 0 Å². The van der Waals surface area contributed by atoms with Gasteiger partial charge in [-0.3, -0.25) is 4.98 Å². The average molecular weight is 278 g/mol. The normalized spacial score (nSPS) is 12.6. The summed E-state index contributed by atoms with van der Waals surface area (Å²) in [6.45, 7) is 0.963. The van der Waals surface area contributed by atoms with Gasteiger partial charge in [0, 0.05) is 23.7 Å². The Balaban J connectivity index is 1.63. The van der Waals surface area contributed by atoms with Crippen molar-refractivity contribution in [3.63, 3.8) is 0 Å². The molecule has 0 fully saturated rings. The van der Waals surface area contributed by atoms with Gasteiger partial charge in [0.15, 0.2) is 11.5 Å². The fourth-order valence-electron chi connectivity index (χ4n) is 2.57. The Bertz CT molecular complexity index is 796. The van der Waals surface area contributed by atoms with Crippen LogP contribution in [0.5, 0.6) is 11.5 Å². The van der Waals surface area contributed by atoms with E-state index >= 15 is 0 Å². The number of nitrogens with one attached hydrogen (secondary N) is 1. The highest BCUT2D eigenvalue weighted by molar-refractivity contribution is 5.90. The number of ether oxygens (including phenoxy) is 2. The number of aromatic nitrogens is 1. The Morgan fingerprint density at radius 3 is 2.90 bits per heavy atom. The zero-order chi connectivity index (χ0) is 14.1. The summed E-state index contributed by atoms with van der Waals surface area (Å²) in [4.78, 5) is 4.45. The summed E-state index contributed by atoms with van der Waals surface area (Å²) in [7, 11) is 0. The first-order valence-corrected chi connectivity index (χ1v) is 6.87. The molecule has 0 aliphatic carbocycles. The minimum absolute atomic E-state index is 0.294. The van der Waals surface area contributed by atoms with E-state index in [9.17, 15) is 0 Å². The SMILES string of the molecule is c1cc(CNc2cccc3cccnc23)c2c(c1)OCO2. The Hall–Kier alpha value is -2.75. The number of hydrogen-bond donors (Lipinski definition) is 1. The molecular weight excluding hydrogens is 264 g/mol. The molecule has 2 heterocycles. The van der Waals surface area contributed by atoms with E-state index in [1.165, 1.54) is 0 Å². The molecule has 0 atom stereocenters. The minimum Gasteiger partial charge on any atom is -0.454 e. The molecule has 0 amide bonds. The van der Waals surface area contributed by atoms with E-state index in [4.69, 9.17) is 9.47 Å². The summed E-state index contributed by atoms with van der Waals surface area (Å²) in [6, 6.07) is 16.1. The van der Waals surface area contributed by atoms with Crippen LogP contribution in [0.25, 0.3) is 10.9 Å². The zero-order valence-corrected chi connectivity index (χ0v) is 11.4. The van der Waals surface area contributed by atoms with Crippen LogP contribution in [0.4, 0.5) is 5.69 Å². The van der Waals surface area contributed by atoms with Crippen LogP contribution in [0.15, 0.2) is 54.7 Å². The van der Waals surface area contributed by atoms with Gasteiger partial charge in [-0.25, -0.2) is 0 Å². The highest BCUT2D eigenvalue weighted by Crippen LogP contribution is 2.35. The fraction of sp³-hybridized carbons (Fsp3) is 0.118. The number of rotatable bonds is 3. The summed E-state index contributed by atoms with van der Waals surface area (Å²) >= 11 is 0. The van der Waals surface area contributed by atoms with Crippen LogP contribution in [-0.2, 0) is 6.54 Å². The number of fused-ring (bicyclic) bond motifs is 2. The number of pyridine rings is 1. The van der Waals surface area contributed by atoms with Crippen molar-refractivity contribution >= 4 is 16.6 Å². The molecule has 1 N–H and O–H groups in total. The largest absolute Gasteiger partial charge is 0.454 e. The van der Waals surface area contributed by atoms with Gasteiger partial charge < -0.3 is 14.8 Å². The van der Waals surface area contributed by atoms with E-state index in [-0.39, 0.29) is 0 Å². The molecule has 0 spiro atoms. The quantitative estimate of drug-likeness (QED) is 0.795. The molecular formula is C17H14N2O2. The van der Waals surface area contributed by atoms with Gasteiger partial charge in [-0.1, -0.05) is 30.3 Å². The van der Waals surface area contributed by atoms with E-state index < -0.39 is 0 Å². The van der Waals surface area contributed by atoms with Gasteiger partial charge in [-0.2, -0.15) is 0 Å². The van der Waals surface area contributed by atoms with Gasteiger partial charge in [0.2, 0.25) is 6.79 Å². The van der Waals surface area contributed by atoms with Crippen LogP contribution in [0.1, 0.15) is 5.56 Å². The van der Waals surface area contributed by atoms with Crippen molar-refractivity contribution in [2.45, 2.75) is 6.54 Å². The number of hydrogen-bond acceptors (Lipinski definition) is 4. The number of para-hydroxylation sites is 2. The highest BCUT2D eigenvalue weighted by Gasteiger charge is 2.16. The van der Waals surface area contributed by atoms with E-state index in [1.54, 1.807) is 0 Å². The molecule has 2 aromatic carbocycles. The number of anilines is 1. The van der Waals surface area contributed by atoms with Gasteiger partial charge in [-0.05, 0) is 18.2 Å². The van der Waals surface area contributed by atoms with Crippen LogP contribution < -0.4 is 14.8 Å². The first-order chi connectivity index (χ1) is 10.4. The second-order valence-corrected chi connectivity index (χ2v) is 4.89. The third kappa shape index (κ3) is 2.14. The Morgan fingerprint density at radius 2 is 1.90 bits per heavy atom. The van der Waals surface area contributed by atoms with Crippen molar-refractivity contribution in [1.29, 1.82) is 0 Å². The third-order valence-corrected chi connectivity index (χ3v) is 3.58. The summed E-state index contributed by atoms with van der Waals surface area (Å²) in [5.74, 6) is 1.64. The second kappa shape index (κ2) is 4.98. The van der Waals surface area contributed by atoms with Gasteiger partial charge in [-0.15, -0.1) is 0 Å². The number of nitrogens with zero attached hydrogens (tertiary/aromatic N) is 1. The highest BCUT2D eigenvalue weighted by atomic mass is 16.7. The standard InChI is InChI=1S/C17H14N2O2/c1-4-12-6-3-9-18-16(12)14(7-1)19-10-13-5-2-8-15-17(13)21-11-20-15/h1-9,19H,10-11H2. The van der Waals surface area contributed by atoms with Gasteiger partial charge in [0.1, 0.15) is 0 Å². The lowest BCUT2D eigenvalue weighted by molar-refractivity contribution is 0.173. The van der Waals surface area contributed by atoms with Crippen LogP contribution in [0.2, 0.25) is 0 Å². The Labute approximate surface area is 122 Å². The van der Waals surface area contributed by atoms with Gasteiger partial charge in [0.05, 0.1) is 11.2 Å². The maximum Gasteiger partial charge on any atom is 0.231 e. The summed E-state index contributed by atoms with van der Waals surface area (Å²) in [5.41, 5.74) is 3.08. The molecule has 0 saturated heterocycles. The predicted molar refractivity (Wildman–Crippen MR) is 81.6 cm³/mol. The van der Waals surface area contributed by atoms with Crippen molar-refractivity contribution in [3.05, 3.63) is 60.3 Å². The maximum absolute atomic E-state index is 5.53. The second-order valence-electron chi connectivity index (χ2n) is 4.89. The summed E-state index contributed by atoms with van der Waals surface area (Å²) in [6.07, 6.45) is 1.81. The van der Waals surface area contributed by atoms with Crippen molar-refractivity contribution in [2.75, 3.05) is 12.1 Å². The molecule has 3 aromatic rings. The molecule has 0 radical (unpaired) electrons. The Morgan fingerprint density at radius 1 is 1.00 bits per heavy atom. The molecule has 21 heavy (non-hydrogen) atoms. The fourth-order valence-corrected chi connectivity index (χ4v) is 2.57. The van der Waals surface area contributed by atoms with Crippen LogP contribution >= 0.6 is 0 Å². The smallest absolute Gasteiger partial charge is 0.231 e. The monoisotopic (exact) mass is 278 g/mol. The molecule has 4 rings (SSSR count). The lowest BCUT2D eigenvalue weighted by atomic mass is 10.1. The van der Waals surface area contributed by atoms with Crippen LogP contribution in [-0.4, -0.2) is 11.8 Å². The Kier molecular flexibility index (Phi) is 2.85. The van der Waals surface area contributed by atoms with E-state index in [0.29, 0.717) is 13.3 Å². The van der Waals surface area contributed by atoms with Gasteiger partial charge in [0.25, 0.3) is 0 Å². The van der Waals surface area contributed by atoms with Crippen LogP contribution in [0, 0.1) is 0 Å². The lowest BCUT2D eigenvalue weighted by Crippen LogP contribution is -2.02. The molecule has 0 bridgehead atoms. The minimum atomic E-state index is 0.294. The molecule has 4 heteroatoms. The van der Waals surface area contributed by atoms with E-state index in [2.05, 4.69) is 22.4 Å². The zero-order valence-electron chi connectivity index (χ0n) is 11.4.